The lowest BCUT2D eigenvalue weighted by molar-refractivity contribution is 0.0736. The van der Waals surface area contributed by atoms with Gasteiger partial charge in [-0.2, -0.15) is 0 Å². The van der Waals surface area contributed by atoms with Gasteiger partial charge in [-0.15, -0.1) is 11.3 Å². The van der Waals surface area contributed by atoms with Crippen LogP contribution >= 0.6 is 11.3 Å². The molecule has 0 aromatic carbocycles. The highest BCUT2D eigenvalue weighted by Gasteiger charge is 2.15. The van der Waals surface area contributed by atoms with Crippen LogP contribution in [0.2, 0.25) is 0 Å². The van der Waals surface area contributed by atoms with E-state index in [-0.39, 0.29) is 6.54 Å². The third kappa shape index (κ3) is 5.98. The summed E-state index contributed by atoms with van der Waals surface area (Å²) >= 11 is 1.42. The van der Waals surface area contributed by atoms with Crippen molar-refractivity contribution in [3.8, 4) is 0 Å². The molecular weight excluding hydrogens is 288 g/mol. The van der Waals surface area contributed by atoms with Crippen LogP contribution in [0.1, 0.15) is 4.88 Å². The smallest absolute Gasteiger partial charge is 0.241 e. The molecule has 6 nitrogen and oxygen atoms in total. The average molecular weight is 308 g/mol. The first kappa shape index (κ1) is 16.5. The average Bonchev–Trinajstić information content (AvgIpc) is 2.83. The first-order valence-electron chi connectivity index (χ1n) is 5.88. The molecule has 0 unspecified atom stereocenters. The molecule has 1 aromatic heterocycles. The summed E-state index contributed by atoms with van der Waals surface area (Å²) in [5.41, 5.74) is 0. The molecule has 8 heteroatoms. The number of rotatable bonds is 10. The van der Waals surface area contributed by atoms with Crippen LogP contribution in [0.4, 0.5) is 0 Å². The van der Waals surface area contributed by atoms with E-state index in [0.29, 0.717) is 31.3 Å². The highest BCUT2D eigenvalue weighted by atomic mass is 32.2. The van der Waals surface area contributed by atoms with E-state index < -0.39 is 10.0 Å². The minimum atomic E-state index is -3.43. The Labute approximate surface area is 118 Å². The molecule has 0 aliphatic heterocycles. The summed E-state index contributed by atoms with van der Waals surface area (Å²) in [7, 11) is -0.0175. The van der Waals surface area contributed by atoms with Crippen LogP contribution in [-0.4, -0.2) is 48.9 Å². The predicted octanol–water partition coefficient (Wildman–Crippen LogP) is 0.409. The third-order valence-corrected chi connectivity index (χ3v) is 4.79. The van der Waals surface area contributed by atoms with E-state index in [1.165, 1.54) is 11.3 Å². The number of thiophene rings is 1. The number of nitrogens with one attached hydrogen (secondary N) is 2. The first-order valence-corrected chi connectivity index (χ1v) is 8.25. The van der Waals surface area contributed by atoms with E-state index in [1.54, 1.807) is 18.6 Å². The van der Waals surface area contributed by atoms with E-state index in [0.717, 1.165) is 4.88 Å². The molecule has 110 valence electrons. The van der Waals surface area contributed by atoms with E-state index in [9.17, 15) is 8.42 Å². The van der Waals surface area contributed by atoms with Crippen molar-refractivity contribution in [2.45, 2.75) is 11.4 Å². The zero-order valence-corrected chi connectivity index (χ0v) is 12.8. The molecule has 0 bridgehead atoms. The summed E-state index contributed by atoms with van der Waals surface area (Å²) in [5.74, 6) is 0. The van der Waals surface area contributed by atoms with Gasteiger partial charge in [0.1, 0.15) is 0 Å². The molecule has 0 aliphatic rings. The van der Waals surface area contributed by atoms with Gasteiger partial charge in [0, 0.05) is 30.5 Å². The molecule has 0 saturated heterocycles. The van der Waals surface area contributed by atoms with E-state index >= 15 is 0 Å². The minimum Gasteiger partial charge on any atom is -0.382 e. The third-order valence-electron chi connectivity index (χ3n) is 2.26. The summed E-state index contributed by atoms with van der Waals surface area (Å²) < 4.78 is 36.4. The number of sulfonamides is 1. The predicted molar refractivity (Wildman–Crippen MR) is 75.0 cm³/mol. The fourth-order valence-corrected chi connectivity index (χ4v) is 3.64. The van der Waals surface area contributed by atoms with Crippen LogP contribution in [0.5, 0.6) is 0 Å². The zero-order valence-electron chi connectivity index (χ0n) is 11.1. The largest absolute Gasteiger partial charge is 0.382 e. The van der Waals surface area contributed by atoms with Crippen molar-refractivity contribution in [3.05, 3.63) is 16.3 Å². The Morgan fingerprint density at radius 1 is 1.32 bits per heavy atom. The molecule has 1 heterocycles. The van der Waals surface area contributed by atoms with Gasteiger partial charge in [-0.05, 0) is 13.1 Å². The number of hydrogen-bond acceptors (Lipinski definition) is 6. The summed E-state index contributed by atoms with van der Waals surface area (Å²) in [6.45, 7) is 2.22. The molecule has 0 fully saturated rings. The summed E-state index contributed by atoms with van der Waals surface area (Å²) in [5, 5.41) is 4.62. The molecule has 2 N–H and O–H groups in total. The highest BCUT2D eigenvalue weighted by Crippen LogP contribution is 2.18. The van der Waals surface area contributed by atoms with Gasteiger partial charge in [0.25, 0.3) is 0 Å². The Bertz CT molecular complexity index is 459. The van der Waals surface area contributed by atoms with Crippen molar-refractivity contribution in [1.82, 2.24) is 10.0 Å². The fourth-order valence-electron chi connectivity index (χ4n) is 1.34. The Kier molecular flexibility index (Phi) is 7.51. The van der Waals surface area contributed by atoms with Crippen LogP contribution in [-0.2, 0) is 26.0 Å². The summed E-state index contributed by atoms with van der Waals surface area (Å²) in [6.07, 6.45) is 0. The molecule has 0 aliphatic carbocycles. The Hall–Kier alpha value is -0.510. The van der Waals surface area contributed by atoms with Crippen LogP contribution in [0.25, 0.3) is 0 Å². The molecule has 0 saturated carbocycles. The molecule has 0 amide bonds. The SMILES string of the molecule is CNCc1cc(S(=O)(=O)NCCOCCOC)cs1. The lowest BCUT2D eigenvalue weighted by Gasteiger charge is -2.05. The maximum atomic E-state index is 11.9. The number of ether oxygens (including phenoxy) is 2. The molecule has 1 aromatic rings. The highest BCUT2D eigenvalue weighted by molar-refractivity contribution is 7.89. The van der Waals surface area contributed by atoms with Crippen molar-refractivity contribution in [2.24, 2.45) is 0 Å². The maximum Gasteiger partial charge on any atom is 0.241 e. The first-order chi connectivity index (χ1) is 9.10. The van der Waals surface area contributed by atoms with E-state index in [1.807, 2.05) is 7.05 Å². The van der Waals surface area contributed by atoms with Gasteiger partial charge in [0.05, 0.1) is 24.7 Å². The molecule has 19 heavy (non-hydrogen) atoms. The molecule has 0 radical (unpaired) electrons. The van der Waals surface area contributed by atoms with Gasteiger partial charge >= 0.3 is 0 Å². The van der Waals surface area contributed by atoms with Gasteiger partial charge in [0.15, 0.2) is 0 Å². The molecule has 0 atom stereocenters. The second-order valence-electron chi connectivity index (χ2n) is 3.78. The van der Waals surface area contributed by atoms with Crippen LogP contribution < -0.4 is 10.0 Å². The monoisotopic (exact) mass is 308 g/mol. The second-order valence-corrected chi connectivity index (χ2v) is 6.54. The maximum absolute atomic E-state index is 11.9. The van der Waals surface area contributed by atoms with Gasteiger partial charge in [0.2, 0.25) is 10.0 Å². The summed E-state index contributed by atoms with van der Waals surface area (Å²) in [4.78, 5) is 1.29. The minimum absolute atomic E-state index is 0.253. The summed E-state index contributed by atoms with van der Waals surface area (Å²) in [6, 6.07) is 1.68. The lowest BCUT2D eigenvalue weighted by atomic mass is 10.5. The van der Waals surface area contributed by atoms with Crippen molar-refractivity contribution in [2.75, 3.05) is 40.5 Å². The lowest BCUT2D eigenvalue weighted by Crippen LogP contribution is -2.27. The number of hydrogen-bond donors (Lipinski definition) is 2. The normalized spacial score (nSPS) is 11.9. The van der Waals surface area contributed by atoms with Crippen molar-refractivity contribution in [1.29, 1.82) is 0 Å². The topological polar surface area (TPSA) is 76.7 Å². The van der Waals surface area contributed by atoms with Crippen molar-refractivity contribution < 1.29 is 17.9 Å². The number of methoxy groups -OCH3 is 1. The standard InChI is InChI=1S/C11H20N2O4S2/c1-12-8-10-7-11(9-18-10)19(14,15)13-3-4-17-6-5-16-2/h7,9,12-13H,3-6,8H2,1-2H3. The molecular formula is C11H20N2O4S2. The van der Waals surface area contributed by atoms with Crippen LogP contribution in [0.15, 0.2) is 16.3 Å². The van der Waals surface area contributed by atoms with Gasteiger partial charge < -0.3 is 14.8 Å². The Balaban J connectivity index is 2.38. The van der Waals surface area contributed by atoms with Crippen molar-refractivity contribution in [3.63, 3.8) is 0 Å². The molecule has 0 spiro atoms. The zero-order chi connectivity index (χ0) is 14.1. The van der Waals surface area contributed by atoms with Gasteiger partial charge in [-0.1, -0.05) is 0 Å². The Morgan fingerprint density at radius 2 is 2.11 bits per heavy atom. The van der Waals surface area contributed by atoms with E-state index in [2.05, 4.69) is 10.0 Å². The van der Waals surface area contributed by atoms with E-state index in [4.69, 9.17) is 9.47 Å². The van der Waals surface area contributed by atoms with Gasteiger partial charge in [-0.25, -0.2) is 13.1 Å². The quantitative estimate of drug-likeness (QED) is 0.612. The van der Waals surface area contributed by atoms with Crippen LogP contribution in [0, 0.1) is 0 Å². The van der Waals surface area contributed by atoms with Gasteiger partial charge in [-0.3, -0.25) is 0 Å². The Morgan fingerprint density at radius 3 is 2.79 bits per heavy atom. The van der Waals surface area contributed by atoms with Crippen LogP contribution in [0.3, 0.4) is 0 Å². The van der Waals surface area contributed by atoms with Crippen molar-refractivity contribution >= 4 is 21.4 Å². The molecule has 1 rings (SSSR count). The fraction of sp³-hybridized carbons (Fsp3) is 0.636. The second kappa shape index (κ2) is 8.62.